The fraction of sp³-hybridized carbons (Fsp3) is 0.318. The van der Waals surface area contributed by atoms with Gasteiger partial charge >= 0.3 is 6.09 Å². The first-order chi connectivity index (χ1) is 15.0. The lowest BCUT2D eigenvalue weighted by atomic mass is 10.1. The normalized spacial score (nSPS) is 16.0. The Morgan fingerprint density at radius 2 is 1.81 bits per heavy atom. The Balaban J connectivity index is 1.81. The van der Waals surface area contributed by atoms with Gasteiger partial charge in [-0.1, -0.05) is 36.4 Å². The largest absolute Gasteiger partial charge is 0.444 e. The van der Waals surface area contributed by atoms with E-state index in [2.05, 4.69) is 5.32 Å². The van der Waals surface area contributed by atoms with Crippen LogP contribution in [-0.4, -0.2) is 60.1 Å². The molecule has 0 aliphatic carbocycles. The van der Waals surface area contributed by atoms with E-state index in [-0.39, 0.29) is 38.3 Å². The van der Waals surface area contributed by atoms with Crippen molar-refractivity contribution in [2.75, 3.05) is 26.2 Å². The zero-order chi connectivity index (χ0) is 22.2. The van der Waals surface area contributed by atoms with E-state index in [1.807, 2.05) is 30.3 Å². The van der Waals surface area contributed by atoms with Crippen LogP contribution in [0.5, 0.6) is 0 Å². The SMILES string of the molecule is NCCNC(=O)C1N(C(=O)OCc2ccccc2)CCCN1C(=O)c1cccc(F)c1. The van der Waals surface area contributed by atoms with Gasteiger partial charge < -0.3 is 20.7 Å². The summed E-state index contributed by atoms with van der Waals surface area (Å²) in [4.78, 5) is 41.2. The molecule has 9 heteroatoms. The number of amides is 3. The second-order valence-corrected chi connectivity index (χ2v) is 7.05. The highest BCUT2D eigenvalue weighted by Gasteiger charge is 2.41. The Hall–Kier alpha value is -3.46. The highest BCUT2D eigenvalue weighted by atomic mass is 19.1. The van der Waals surface area contributed by atoms with Crippen molar-refractivity contribution in [1.29, 1.82) is 0 Å². The van der Waals surface area contributed by atoms with E-state index in [4.69, 9.17) is 10.5 Å². The topological polar surface area (TPSA) is 105 Å². The maximum Gasteiger partial charge on any atom is 0.412 e. The molecule has 31 heavy (non-hydrogen) atoms. The van der Waals surface area contributed by atoms with E-state index in [0.29, 0.717) is 6.42 Å². The van der Waals surface area contributed by atoms with Gasteiger partial charge in [0.15, 0.2) is 6.17 Å². The third-order valence-corrected chi connectivity index (χ3v) is 4.84. The van der Waals surface area contributed by atoms with Gasteiger partial charge in [0.25, 0.3) is 11.8 Å². The molecule has 0 bridgehead atoms. The van der Waals surface area contributed by atoms with Crippen LogP contribution < -0.4 is 11.1 Å². The molecule has 2 aromatic carbocycles. The van der Waals surface area contributed by atoms with Crippen molar-refractivity contribution < 1.29 is 23.5 Å². The van der Waals surface area contributed by atoms with E-state index >= 15 is 0 Å². The number of carbonyl (C=O) groups is 3. The van der Waals surface area contributed by atoms with Crippen LogP contribution >= 0.6 is 0 Å². The number of rotatable bonds is 6. The average molecular weight is 428 g/mol. The van der Waals surface area contributed by atoms with Gasteiger partial charge in [-0.3, -0.25) is 14.5 Å². The predicted octanol–water partition coefficient (Wildman–Crippen LogP) is 1.71. The van der Waals surface area contributed by atoms with Crippen LogP contribution in [0.25, 0.3) is 0 Å². The number of nitrogens with two attached hydrogens (primary N) is 1. The van der Waals surface area contributed by atoms with Gasteiger partial charge in [-0.25, -0.2) is 9.18 Å². The van der Waals surface area contributed by atoms with Crippen molar-refractivity contribution in [3.05, 3.63) is 71.5 Å². The zero-order valence-corrected chi connectivity index (χ0v) is 17.0. The maximum atomic E-state index is 13.6. The second kappa shape index (κ2) is 10.5. The lowest BCUT2D eigenvalue weighted by Crippen LogP contribution is -2.63. The van der Waals surface area contributed by atoms with Crippen LogP contribution in [0.15, 0.2) is 54.6 Å². The van der Waals surface area contributed by atoms with Crippen LogP contribution in [0.4, 0.5) is 9.18 Å². The van der Waals surface area contributed by atoms with Crippen LogP contribution in [-0.2, 0) is 16.1 Å². The predicted molar refractivity (Wildman–Crippen MR) is 111 cm³/mol. The summed E-state index contributed by atoms with van der Waals surface area (Å²) < 4.78 is 19.0. The standard InChI is InChI=1S/C22H25FN4O4/c23-18-9-4-8-17(14-18)21(29)26-12-5-13-27(20(26)19(28)25-11-10-24)22(30)31-15-16-6-2-1-3-7-16/h1-4,6-9,14,20H,5,10-13,15,24H2,(H,25,28). The molecule has 1 saturated heterocycles. The Bertz CT molecular complexity index is 925. The first-order valence-corrected chi connectivity index (χ1v) is 10.0. The zero-order valence-electron chi connectivity index (χ0n) is 17.0. The summed E-state index contributed by atoms with van der Waals surface area (Å²) in [6.07, 6.45) is -1.49. The van der Waals surface area contributed by atoms with Crippen molar-refractivity contribution in [2.45, 2.75) is 19.2 Å². The minimum Gasteiger partial charge on any atom is -0.444 e. The second-order valence-electron chi connectivity index (χ2n) is 7.05. The number of benzene rings is 2. The number of carbonyl (C=O) groups excluding carboxylic acids is 3. The quantitative estimate of drug-likeness (QED) is 0.729. The molecule has 3 rings (SSSR count). The fourth-order valence-electron chi connectivity index (χ4n) is 3.39. The third kappa shape index (κ3) is 5.58. The Morgan fingerprint density at radius 3 is 2.52 bits per heavy atom. The lowest BCUT2D eigenvalue weighted by molar-refractivity contribution is -0.133. The van der Waals surface area contributed by atoms with Crippen molar-refractivity contribution in [3.8, 4) is 0 Å². The highest BCUT2D eigenvalue weighted by Crippen LogP contribution is 2.20. The molecule has 1 fully saturated rings. The number of hydrogen-bond donors (Lipinski definition) is 2. The summed E-state index contributed by atoms with van der Waals surface area (Å²) in [7, 11) is 0. The number of halogens is 1. The Morgan fingerprint density at radius 1 is 1.06 bits per heavy atom. The first-order valence-electron chi connectivity index (χ1n) is 10.0. The number of nitrogens with one attached hydrogen (secondary N) is 1. The van der Waals surface area contributed by atoms with Crippen LogP contribution in [0.1, 0.15) is 22.3 Å². The number of ether oxygens (including phenoxy) is 1. The number of hydrogen-bond acceptors (Lipinski definition) is 5. The van der Waals surface area contributed by atoms with Crippen molar-refractivity contribution in [3.63, 3.8) is 0 Å². The van der Waals surface area contributed by atoms with E-state index in [1.165, 1.54) is 28.0 Å². The molecular weight excluding hydrogens is 403 g/mol. The molecule has 1 heterocycles. The molecule has 2 aromatic rings. The minimum atomic E-state index is -1.22. The average Bonchev–Trinajstić information content (AvgIpc) is 2.80. The molecule has 1 atom stereocenters. The minimum absolute atomic E-state index is 0.0329. The molecule has 0 saturated carbocycles. The summed E-state index contributed by atoms with van der Waals surface area (Å²) >= 11 is 0. The monoisotopic (exact) mass is 428 g/mol. The van der Waals surface area contributed by atoms with Crippen molar-refractivity contribution in [1.82, 2.24) is 15.1 Å². The van der Waals surface area contributed by atoms with Crippen LogP contribution in [0.3, 0.4) is 0 Å². The summed E-state index contributed by atoms with van der Waals surface area (Å²) in [6, 6.07) is 14.3. The lowest BCUT2D eigenvalue weighted by Gasteiger charge is -2.42. The maximum absolute atomic E-state index is 13.6. The Kier molecular flexibility index (Phi) is 7.55. The summed E-state index contributed by atoms with van der Waals surface area (Å²) in [5, 5.41) is 2.63. The molecule has 3 amide bonds. The van der Waals surface area contributed by atoms with Crippen LogP contribution in [0.2, 0.25) is 0 Å². The van der Waals surface area contributed by atoms with Crippen molar-refractivity contribution >= 4 is 17.9 Å². The summed E-state index contributed by atoms with van der Waals surface area (Å²) in [6.45, 7) is 0.893. The molecule has 164 valence electrons. The molecule has 0 aromatic heterocycles. The van der Waals surface area contributed by atoms with Crippen LogP contribution in [0, 0.1) is 5.82 Å². The van der Waals surface area contributed by atoms with Gasteiger partial charge in [-0.05, 0) is 30.2 Å². The molecule has 8 nitrogen and oxygen atoms in total. The fourth-order valence-corrected chi connectivity index (χ4v) is 3.39. The smallest absolute Gasteiger partial charge is 0.412 e. The van der Waals surface area contributed by atoms with E-state index < -0.39 is 29.9 Å². The summed E-state index contributed by atoms with van der Waals surface area (Å²) in [5.74, 6) is -1.66. The van der Waals surface area contributed by atoms with Gasteiger partial charge in [0.05, 0.1) is 0 Å². The summed E-state index contributed by atoms with van der Waals surface area (Å²) in [5.41, 5.74) is 6.36. The molecule has 1 aliphatic heterocycles. The van der Waals surface area contributed by atoms with Gasteiger partial charge in [-0.15, -0.1) is 0 Å². The first kappa shape index (κ1) is 22.2. The van der Waals surface area contributed by atoms with Gasteiger partial charge in [0.1, 0.15) is 12.4 Å². The highest BCUT2D eigenvalue weighted by molar-refractivity contribution is 5.98. The van der Waals surface area contributed by atoms with Gasteiger partial charge in [-0.2, -0.15) is 0 Å². The molecule has 3 N–H and O–H groups in total. The molecule has 0 spiro atoms. The Labute approximate surface area is 179 Å². The van der Waals surface area contributed by atoms with E-state index in [1.54, 1.807) is 0 Å². The molecule has 0 radical (unpaired) electrons. The van der Waals surface area contributed by atoms with E-state index in [9.17, 15) is 18.8 Å². The van der Waals surface area contributed by atoms with Gasteiger partial charge in [0, 0.05) is 31.7 Å². The van der Waals surface area contributed by atoms with Gasteiger partial charge in [0.2, 0.25) is 0 Å². The molecule has 1 unspecified atom stereocenters. The van der Waals surface area contributed by atoms with Crippen molar-refractivity contribution in [2.24, 2.45) is 5.73 Å². The van der Waals surface area contributed by atoms with E-state index in [0.717, 1.165) is 11.6 Å². The molecule has 1 aliphatic rings. The molecular formula is C22H25FN4O4. The third-order valence-electron chi connectivity index (χ3n) is 4.84. The number of nitrogens with zero attached hydrogens (tertiary/aromatic N) is 2.